The molecule has 3 N–H and O–H groups in total. The highest BCUT2D eigenvalue weighted by molar-refractivity contribution is 5.75. The summed E-state index contributed by atoms with van der Waals surface area (Å²) in [6.07, 6.45) is 3.46. The maximum absolute atomic E-state index is 11.9. The number of carbonyl (C=O) groups excluding carboxylic acids is 1. The average Bonchev–Trinajstić information content (AvgIpc) is 2.94. The van der Waals surface area contributed by atoms with Crippen LogP contribution in [0.2, 0.25) is 0 Å². The molecule has 0 atom stereocenters. The van der Waals surface area contributed by atoms with Crippen LogP contribution >= 0.6 is 0 Å². The van der Waals surface area contributed by atoms with Crippen LogP contribution < -0.4 is 10.6 Å². The molecule has 0 bridgehead atoms. The molecule has 2 rings (SSSR count). The molecule has 0 aromatic heterocycles. The van der Waals surface area contributed by atoms with Gasteiger partial charge in [0, 0.05) is 11.6 Å². The monoisotopic (exact) mass is 293 g/mol. The SMILES string of the molecule is O=C(NCc1ccccc1[N+](=O)[O-])NC1(CO)CCCC1. The predicted molar refractivity (Wildman–Crippen MR) is 76.8 cm³/mol. The van der Waals surface area contributed by atoms with Gasteiger partial charge in [-0.05, 0) is 12.8 Å². The largest absolute Gasteiger partial charge is 0.394 e. The van der Waals surface area contributed by atoms with Crippen LogP contribution in [0.4, 0.5) is 10.5 Å². The molecule has 0 unspecified atom stereocenters. The maximum atomic E-state index is 11.9. The quantitative estimate of drug-likeness (QED) is 0.567. The van der Waals surface area contributed by atoms with Crippen LogP contribution in [-0.2, 0) is 6.54 Å². The fourth-order valence-corrected chi connectivity index (χ4v) is 2.67. The highest BCUT2D eigenvalue weighted by Gasteiger charge is 2.34. The van der Waals surface area contributed by atoms with E-state index in [0.29, 0.717) is 5.56 Å². The van der Waals surface area contributed by atoms with Crippen molar-refractivity contribution in [1.82, 2.24) is 10.6 Å². The Morgan fingerprint density at radius 2 is 2.00 bits per heavy atom. The number of nitrogens with one attached hydrogen (secondary N) is 2. The lowest BCUT2D eigenvalue weighted by Crippen LogP contribution is -2.52. The van der Waals surface area contributed by atoms with Crippen molar-refractivity contribution in [1.29, 1.82) is 0 Å². The molecule has 0 radical (unpaired) electrons. The van der Waals surface area contributed by atoms with Crippen molar-refractivity contribution < 1.29 is 14.8 Å². The van der Waals surface area contributed by atoms with E-state index in [4.69, 9.17) is 0 Å². The van der Waals surface area contributed by atoms with Crippen LogP contribution in [0.25, 0.3) is 0 Å². The third-order valence-corrected chi connectivity index (χ3v) is 3.87. The van der Waals surface area contributed by atoms with Gasteiger partial charge in [-0.15, -0.1) is 0 Å². The second-order valence-corrected chi connectivity index (χ2v) is 5.34. The number of nitro benzene ring substituents is 1. The second kappa shape index (κ2) is 6.53. The van der Waals surface area contributed by atoms with Crippen molar-refractivity contribution in [3.63, 3.8) is 0 Å². The Morgan fingerprint density at radius 3 is 2.62 bits per heavy atom. The molecule has 1 saturated carbocycles. The van der Waals surface area contributed by atoms with Crippen LogP contribution in [0, 0.1) is 10.1 Å². The van der Waals surface area contributed by atoms with Crippen molar-refractivity contribution in [2.45, 2.75) is 37.8 Å². The molecular weight excluding hydrogens is 274 g/mol. The number of hydrogen-bond donors (Lipinski definition) is 3. The summed E-state index contributed by atoms with van der Waals surface area (Å²) in [7, 11) is 0. The third-order valence-electron chi connectivity index (χ3n) is 3.87. The van der Waals surface area contributed by atoms with E-state index in [9.17, 15) is 20.0 Å². The molecule has 1 aromatic rings. The molecule has 0 aliphatic heterocycles. The molecule has 114 valence electrons. The van der Waals surface area contributed by atoms with Crippen molar-refractivity contribution in [3.05, 3.63) is 39.9 Å². The predicted octanol–water partition coefficient (Wildman–Crippen LogP) is 1.70. The maximum Gasteiger partial charge on any atom is 0.315 e. The number of nitro groups is 1. The molecule has 2 amide bonds. The first-order chi connectivity index (χ1) is 10.1. The van der Waals surface area contributed by atoms with Crippen LogP contribution in [0.15, 0.2) is 24.3 Å². The first-order valence-electron chi connectivity index (χ1n) is 6.95. The summed E-state index contributed by atoms with van der Waals surface area (Å²) < 4.78 is 0. The minimum absolute atomic E-state index is 0.0180. The van der Waals surface area contributed by atoms with Gasteiger partial charge in [-0.2, -0.15) is 0 Å². The van der Waals surface area contributed by atoms with E-state index in [1.807, 2.05) is 0 Å². The van der Waals surface area contributed by atoms with Crippen LogP contribution in [0.3, 0.4) is 0 Å². The van der Waals surface area contributed by atoms with Gasteiger partial charge in [-0.1, -0.05) is 31.0 Å². The van der Waals surface area contributed by atoms with Crippen LogP contribution in [-0.4, -0.2) is 28.2 Å². The number of hydrogen-bond acceptors (Lipinski definition) is 4. The van der Waals surface area contributed by atoms with Gasteiger partial charge in [0.25, 0.3) is 5.69 Å². The zero-order valence-electron chi connectivity index (χ0n) is 11.7. The number of benzene rings is 1. The molecule has 21 heavy (non-hydrogen) atoms. The standard InChI is InChI=1S/C14H19N3O4/c18-10-14(7-3-4-8-14)16-13(19)15-9-11-5-1-2-6-12(11)17(20)21/h1-2,5-6,18H,3-4,7-10H2,(H2,15,16,19). The van der Waals surface area contributed by atoms with E-state index < -0.39 is 16.5 Å². The Kier molecular flexibility index (Phi) is 4.74. The number of para-hydroxylation sites is 1. The molecule has 1 fully saturated rings. The van der Waals surface area contributed by atoms with E-state index in [1.54, 1.807) is 18.2 Å². The Morgan fingerprint density at radius 1 is 1.33 bits per heavy atom. The number of amides is 2. The summed E-state index contributed by atoms with van der Waals surface area (Å²) in [5.41, 5.74) is -0.121. The number of aliphatic hydroxyl groups is 1. The lowest BCUT2D eigenvalue weighted by molar-refractivity contribution is -0.385. The fourth-order valence-electron chi connectivity index (χ4n) is 2.67. The highest BCUT2D eigenvalue weighted by Crippen LogP contribution is 2.29. The minimum Gasteiger partial charge on any atom is -0.394 e. The molecule has 7 heteroatoms. The van der Waals surface area contributed by atoms with Gasteiger partial charge in [0.15, 0.2) is 0 Å². The molecule has 0 saturated heterocycles. The van der Waals surface area contributed by atoms with E-state index >= 15 is 0 Å². The molecule has 0 spiro atoms. The smallest absolute Gasteiger partial charge is 0.315 e. The van der Waals surface area contributed by atoms with E-state index in [1.165, 1.54) is 6.07 Å². The van der Waals surface area contributed by atoms with E-state index in [0.717, 1.165) is 25.7 Å². The first kappa shape index (κ1) is 15.2. The van der Waals surface area contributed by atoms with Gasteiger partial charge in [-0.3, -0.25) is 10.1 Å². The number of urea groups is 1. The van der Waals surface area contributed by atoms with Gasteiger partial charge in [0.2, 0.25) is 0 Å². The zero-order chi connectivity index (χ0) is 15.3. The van der Waals surface area contributed by atoms with Gasteiger partial charge in [0.1, 0.15) is 0 Å². The Bertz CT molecular complexity index is 527. The lowest BCUT2D eigenvalue weighted by Gasteiger charge is -2.27. The first-order valence-corrected chi connectivity index (χ1v) is 6.95. The molecule has 0 heterocycles. The highest BCUT2D eigenvalue weighted by atomic mass is 16.6. The summed E-state index contributed by atoms with van der Waals surface area (Å²) >= 11 is 0. The molecule has 1 aliphatic carbocycles. The zero-order valence-corrected chi connectivity index (χ0v) is 11.7. The molecular formula is C14H19N3O4. The van der Waals surface area contributed by atoms with E-state index in [-0.39, 0.29) is 18.8 Å². The van der Waals surface area contributed by atoms with Gasteiger partial charge >= 0.3 is 6.03 Å². The topological polar surface area (TPSA) is 104 Å². The molecule has 1 aliphatic rings. The van der Waals surface area contributed by atoms with E-state index in [2.05, 4.69) is 10.6 Å². The Labute approximate surface area is 122 Å². The Hall–Kier alpha value is -2.15. The third kappa shape index (κ3) is 3.69. The summed E-state index contributed by atoms with van der Waals surface area (Å²) in [6.45, 7) is -0.0175. The lowest BCUT2D eigenvalue weighted by atomic mass is 9.99. The molecule has 1 aromatic carbocycles. The van der Waals surface area contributed by atoms with Gasteiger partial charge in [-0.25, -0.2) is 4.79 Å². The van der Waals surface area contributed by atoms with Gasteiger partial charge < -0.3 is 15.7 Å². The number of rotatable bonds is 5. The Balaban J connectivity index is 1.94. The number of aliphatic hydroxyl groups excluding tert-OH is 1. The minimum atomic E-state index is -0.549. The summed E-state index contributed by atoms with van der Waals surface area (Å²) in [5.74, 6) is 0. The van der Waals surface area contributed by atoms with Crippen molar-refractivity contribution in [2.24, 2.45) is 0 Å². The average molecular weight is 293 g/mol. The normalized spacial score (nSPS) is 16.4. The summed E-state index contributed by atoms with van der Waals surface area (Å²) in [5, 5.41) is 25.7. The summed E-state index contributed by atoms with van der Waals surface area (Å²) in [4.78, 5) is 22.3. The van der Waals surface area contributed by atoms with Crippen LogP contribution in [0.1, 0.15) is 31.2 Å². The van der Waals surface area contributed by atoms with Crippen molar-refractivity contribution in [2.75, 3.05) is 6.61 Å². The second-order valence-electron chi connectivity index (χ2n) is 5.34. The van der Waals surface area contributed by atoms with Crippen molar-refractivity contribution >= 4 is 11.7 Å². The molecule has 7 nitrogen and oxygen atoms in total. The van der Waals surface area contributed by atoms with Gasteiger partial charge in [0.05, 0.1) is 23.6 Å². The fraction of sp³-hybridized carbons (Fsp3) is 0.500. The van der Waals surface area contributed by atoms with Crippen LogP contribution in [0.5, 0.6) is 0 Å². The number of nitrogens with zero attached hydrogens (tertiary/aromatic N) is 1. The number of carbonyl (C=O) groups is 1. The van der Waals surface area contributed by atoms with Crippen molar-refractivity contribution in [3.8, 4) is 0 Å². The summed E-state index contributed by atoms with van der Waals surface area (Å²) in [6, 6.07) is 5.87.